The van der Waals surface area contributed by atoms with Gasteiger partial charge in [-0.2, -0.15) is 0 Å². The van der Waals surface area contributed by atoms with E-state index in [0.29, 0.717) is 0 Å². The van der Waals surface area contributed by atoms with Gasteiger partial charge in [-0.25, -0.2) is 4.79 Å². The van der Waals surface area contributed by atoms with Crippen molar-refractivity contribution < 1.29 is 19.5 Å². The first-order valence-electron chi connectivity index (χ1n) is 2.77. The molecule has 2 amide bonds. The highest BCUT2D eigenvalue weighted by Crippen LogP contribution is 1.75. The molecular formula is C5H8N2O4. The summed E-state index contributed by atoms with van der Waals surface area (Å²) in [6, 6.07) is 0. The zero-order valence-electron chi connectivity index (χ0n) is 5.83. The number of carboxylic acid groups (broad SMARTS) is 1. The largest absolute Gasteiger partial charge is 0.478 e. The predicted octanol–water partition coefficient (Wildman–Crippen LogP) is -1.72. The Hall–Kier alpha value is -1.59. The average Bonchev–Trinajstić information content (AvgIpc) is 1.86. The number of hydrogen-bond acceptors (Lipinski definition) is 3. The lowest BCUT2D eigenvalue weighted by molar-refractivity contribution is -0.143. The summed E-state index contributed by atoms with van der Waals surface area (Å²) in [6.07, 6.45) is -1.14. The van der Waals surface area contributed by atoms with E-state index >= 15 is 0 Å². The molecule has 0 fully saturated rings. The first-order chi connectivity index (χ1) is 5.07. The number of carboxylic acids is 1. The van der Waals surface area contributed by atoms with Crippen molar-refractivity contribution in [1.82, 2.24) is 10.6 Å². The summed E-state index contributed by atoms with van der Waals surface area (Å²) in [5.41, 5.74) is 0. The Balaban J connectivity index is 3.99. The van der Waals surface area contributed by atoms with Crippen LogP contribution in [0.5, 0.6) is 0 Å². The van der Waals surface area contributed by atoms with Gasteiger partial charge in [0.1, 0.15) is 0 Å². The molecular weight excluding hydrogens is 152 g/mol. The molecule has 3 N–H and O–H groups in total. The summed E-state index contributed by atoms with van der Waals surface area (Å²) in [7, 11) is 0. The van der Waals surface area contributed by atoms with E-state index in [1.165, 1.54) is 0 Å². The maximum atomic E-state index is 10.3. The topological polar surface area (TPSA) is 95.5 Å². The van der Waals surface area contributed by atoms with Crippen molar-refractivity contribution in [1.29, 1.82) is 0 Å². The third-order valence-electron chi connectivity index (χ3n) is 0.829. The van der Waals surface area contributed by atoms with Gasteiger partial charge in [0.2, 0.25) is 18.5 Å². The fourth-order valence-corrected chi connectivity index (χ4v) is 0.446. The Kier molecular flexibility index (Phi) is 3.65. The minimum absolute atomic E-state index is 0.203. The average molecular weight is 160 g/mol. The lowest BCUT2D eigenvalue weighted by atomic mass is 10.5. The maximum Gasteiger partial charge on any atom is 0.347 e. The zero-order valence-corrected chi connectivity index (χ0v) is 5.83. The molecule has 11 heavy (non-hydrogen) atoms. The van der Waals surface area contributed by atoms with Crippen LogP contribution in [0.1, 0.15) is 6.92 Å². The molecule has 0 saturated carbocycles. The first-order valence-corrected chi connectivity index (χ1v) is 2.77. The molecule has 0 saturated heterocycles. The predicted molar refractivity (Wildman–Crippen MR) is 34.4 cm³/mol. The van der Waals surface area contributed by atoms with Crippen LogP contribution in [0.2, 0.25) is 0 Å². The summed E-state index contributed by atoms with van der Waals surface area (Å²) in [5, 5.41) is 12.2. The number of nitrogens with one attached hydrogen (secondary N) is 2. The molecule has 62 valence electrons. The lowest BCUT2D eigenvalue weighted by Crippen LogP contribution is -2.49. The highest BCUT2D eigenvalue weighted by atomic mass is 16.4. The summed E-state index contributed by atoms with van der Waals surface area (Å²) in [5.74, 6) is -1.83. The van der Waals surface area contributed by atoms with Crippen molar-refractivity contribution in [3.8, 4) is 0 Å². The minimum atomic E-state index is -1.34. The Morgan fingerprint density at radius 1 is 1.55 bits per heavy atom. The first kappa shape index (κ1) is 9.41. The third-order valence-corrected chi connectivity index (χ3v) is 0.829. The second kappa shape index (κ2) is 4.26. The number of hydrogen-bond donors (Lipinski definition) is 3. The van der Waals surface area contributed by atoms with Crippen LogP contribution in [0.4, 0.5) is 0 Å². The number of rotatable bonds is 4. The van der Waals surface area contributed by atoms with Crippen LogP contribution in [0.15, 0.2) is 0 Å². The van der Waals surface area contributed by atoms with Crippen LogP contribution in [0, 0.1) is 0 Å². The molecule has 0 aliphatic rings. The fourth-order valence-electron chi connectivity index (χ4n) is 0.446. The normalized spacial score (nSPS) is 11.4. The van der Waals surface area contributed by atoms with Crippen LogP contribution in [-0.2, 0) is 14.4 Å². The minimum Gasteiger partial charge on any atom is -0.478 e. The summed E-state index contributed by atoms with van der Waals surface area (Å²) in [4.78, 5) is 30.3. The van der Waals surface area contributed by atoms with Gasteiger partial charge in [0.25, 0.3) is 0 Å². The van der Waals surface area contributed by atoms with Crippen LogP contribution < -0.4 is 10.6 Å². The molecule has 6 nitrogen and oxygen atoms in total. The molecule has 0 aliphatic carbocycles. The maximum absolute atomic E-state index is 10.3. The van der Waals surface area contributed by atoms with Gasteiger partial charge >= 0.3 is 5.97 Å². The fraction of sp³-hybridized carbons (Fsp3) is 0.400. The van der Waals surface area contributed by atoms with Crippen LogP contribution in [-0.4, -0.2) is 29.6 Å². The number of carbonyl (C=O) groups excluding carboxylic acids is 2. The molecule has 0 spiro atoms. The van der Waals surface area contributed by atoms with Crippen molar-refractivity contribution in [2.24, 2.45) is 0 Å². The lowest BCUT2D eigenvalue weighted by Gasteiger charge is -2.10. The van der Waals surface area contributed by atoms with Crippen LogP contribution >= 0.6 is 0 Å². The molecule has 0 aromatic rings. The molecule has 0 bridgehead atoms. The Labute approximate surface area is 62.6 Å². The summed E-state index contributed by atoms with van der Waals surface area (Å²) < 4.78 is 0. The molecule has 0 aromatic carbocycles. The van der Waals surface area contributed by atoms with Gasteiger partial charge in [0.05, 0.1) is 0 Å². The molecule has 6 heteroatoms. The van der Waals surface area contributed by atoms with Crippen molar-refractivity contribution in [2.75, 3.05) is 0 Å². The standard InChI is InChI=1S/C5H8N2O4/c1-3(9)7-4(5(10)11)6-2-8/h2,4H,1H3,(H,6,8)(H,7,9)(H,10,11). The highest BCUT2D eigenvalue weighted by molar-refractivity contribution is 5.83. The number of carbonyl (C=O) groups is 3. The Morgan fingerprint density at radius 2 is 2.09 bits per heavy atom. The van der Waals surface area contributed by atoms with E-state index in [1.807, 2.05) is 10.6 Å². The van der Waals surface area contributed by atoms with E-state index in [1.54, 1.807) is 0 Å². The van der Waals surface area contributed by atoms with E-state index in [9.17, 15) is 14.4 Å². The number of amides is 2. The molecule has 0 rings (SSSR count). The molecule has 0 radical (unpaired) electrons. The van der Waals surface area contributed by atoms with Crippen LogP contribution in [0.25, 0.3) is 0 Å². The van der Waals surface area contributed by atoms with Crippen molar-refractivity contribution in [3.63, 3.8) is 0 Å². The van der Waals surface area contributed by atoms with Gasteiger partial charge < -0.3 is 15.7 Å². The zero-order chi connectivity index (χ0) is 8.85. The Morgan fingerprint density at radius 3 is 2.36 bits per heavy atom. The van der Waals surface area contributed by atoms with Gasteiger partial charge in [-0.3, -0.25) is 9.59 Å². The van der Waals surface area contributed by atoms with Gasteiger partial charge in [-0.1, -0.05) is 0 Å². The van der Waals surface area contributed by atoms with E-state index < -0.39 is 18.0 Å². The van der Waals surface area contributed by atoms with E-state index in [-0.39, 0.29) is 6.41 Å². The van der Waals surface area contributed by atoms with Crippen molar-refractivity contribution >= 4 is 18.3 Å². The van der Waals surface area contributed by atoms with Gasteiger partial charge in [0.15, 0.2) is 0 Å². The summed E-state index contributed by atoms with van der Waals surface area (Å²) in [6.45, 7) is 1.16. The summed E-state index contributed by atoms with van der Waals surface area (Å²) >= 11 is 0. The monoisotopic (exact) mass is 160 g/mol. The Bertz CT molecular complexity index is 179. The second-order valence-electron chi connectivity index (χ2n) is 1.76. The van der Waals surface area contributed by atoms with Gasteiger partial charge in [0, 0.05) is 6.92 Å². The number of aliphatic carboxylic acids is 1. The molecule has 0 aromatic heterocycles. The molecule has 1 atom stereocenters. The molecule has 1 unspecified atom stereocenters. The van der Waals surface area contributed by atoms with Gasteiger partial charge in [-0.05, 0) is 0 Å². The second-order valence-corrected chi connectivity index (χ2v) is 1.76. The van der Waals surface area contributed by atoms with E-state index in [0.717, 1.165) is 6.92 Å². The van der Waals surface area contributed by atoms with E-state index in [4.69, 9.17) is 5.11 Å². The molecule has 0 aliphatic heterocycles. The van der Waals surface area contributed by atoms with Gasteiger partial charge in [-0.15, -0.1) is 0 Å². The highest BCUT2D eigenvalue weighted by Gasteiger charge is 2.15. The van der Waals surface area contributed by atoms with Crippen molar-refractivity contribution in [3.05, 3.63) is 0 Å². The quantitative estimate of drug-likeness (QED) is 0.336. The van der Waals surface area contributed by atoms with Crippen LogP contribution in [0.3, 0.4) is 0 Å². The van der Waals surface area contributed by atoms with Crippen molar-refractivity contribution in [2.45, 2.75) is 13.1 Å². The third kappa shape index (κ3) is 3.90. The molecule has 0 heterocycles. The van der Waals surface area contributed by atoms with E-state index in [2.05, 4.69) is 0 Å². The SMILES string of the molecule is CC(=O)NC(NC=O)C(=O)O. The smallest absolute Gasteiger partial charge is 0.347 e.